The maximum atomic E-state index is 12.5. The minimum atomic E-state index is 0.317. The van der Waals surface area contributed by atoms with Crippen molar-refractivity contribution < 1.29 is 4.79 Å². The number of carbonyl (C=O) groups is 1. The van der Waals surface area contributed by atoms with Crippen LogP contribution in [0.3, 0.4) is 0 Å². The molecule has 1 aliphatic carbocycles. The van der Waals surface area contributed by atoms with Crippen LogP contribution in [0.2, 0.25) is 0 Å². The summed E-state index contributed by atoms with van der Waals surface area (Å²) in [4.78, 5) is 19.2. The van der Waals surface area contributed by atoms with Gasteiger partial charge in [0.1, 0.15) is 5.01 Å². The largest absolute Gasteiger partial charge is 0.344 e. The maximum Gasteiger partial charge on any atom is 0.236 e. The summed E-state index contributed by atoms with van der Waals surface area (Å²) in [5, 5.41) is 11.0. The summed E-state index contributed by atoms with van der Waals surface area (Å²) >= 11 is 1.76. The lowest BCUT2D eigenvalue weighted by molar-refractivity contribution is -0.132. The molecule has 0 atom stereocenters. The standard InChI is InChI=1S/C17H27N5OS/c23-15(21-7-3-1-2-4-8-21)13-20-9-11-22(12-10-20)17-19-18-16(24-17)14-5-6-14/h14H,1-13H2. The Labute approximate surface area is 147 Å². The van der Waals surface area contributed by atoms with Gasteiger partial charge in [0.05, 0.1) is 6.54 Å². The van der Waals surface area contributed by atoms with Crippen molar-refractivity contribution in [2.75, 3.05) is 50.7 Å². The number of hydrogen-bond acceptors (Lipinski definition) is 6. The second-order valence-electron chi connectivity index (χ2n) is 7.26. The topological polar surface area (TPSA) is 52.6 Å². The molecule has 0 radical (unpaired) electrons. The Morgan fingerprint density at radius 3 is 2.33 bits per heavy atom. The molecule has 0 unspecified atom stereocenters. The van der Waals surface area contributed by atoms with Crippen LogP contribution in [0.15, 0.2) is 0 Å². The van der Waals surface area contributed by atoms with Crippen molar-refractivity contribution in [2.45, 2.75) is 44.4 Å². The lowest BCUT2D eigenvalue weighted by atomic mass is 10.2. The molecule has 3 heterocycles. The van der Waals surface area contributed by atoms with E-state index in [-0.39, 0.29) is 0 Å². The molecule has 24 heavy (non-hydrogen) atoms. The van der Waals surface area contributed by atoms with E-state index in [1.165, 1.54) is 43.5 Å². The molecule has 2 saturated heterocycles. The molecule has 1 saturated carbocycles. The normalized spacial score (nSPS) is 23.3. The van der Waals surface area contributed by atoms with Crippen LogP contribution in [-0.4, -0.2) is 71.7 Å². The molecule has 1 amide bonds. The number of hydrogen-bond donors (Lipinski definition) is 0. The van der Waals surface area contributed by atoms with E-state index in [0.717, 1.165) is 44.4 Å². The maximum absolute atomic E-state index is 12.5. The molecular weight excluding hydrogens is 322 g/mol. The van der Waals surface area contributed by atoms with E-state index in [1.807, 2.05) is 0 Å². The van der Waals surface area contributed by atoms with Crippen molar-refractivity contribution in [1.29, 1.82) is 0 Å². The monoisotopic (exact) mass is 349 g/mol. The lowest BCUT2D eigenvalue weighted by Gasteiger charge is -2.35. The van der Waals surface area contributed by atoms with E-state index < -0.39 is 0 Å². The number of anilines is 1. The molecule has 7 heteroatoms. The second kappa shape index (κ2) is 7.35. The van der Waals surface area contributed by atoms with Gasteiger partial charge in [0.25, 0.3) is 0 Å². The van der Waals surface area contributed by atoms with Crippen molar-refractivity contribution in [2.24, 2.45) is 0 Å². The van der Waals surface area contributed by atoms with Crippen LogP contribution in [0.1, 0.15) is 49.5 Å². The van der Waals surface area contributed by atoms with Gasteiger partial charge in [-0.3, -0.25) is 9.69 Å². The third-order valence-electron chi connectivity index (χ3n) is 5.32. The highest BCUT2D eigenvalue weighted by molar-refractivity contribution is 7.15. The number of carbonyl (C=O) groups excluding carboxylic acids is 1. The smallest absolute Gasteiger partial charge is 0.236 e. The first-order valence-corrected chi connectivity index (χ1v) is 10.2. The molecule has 2 aliphatic heterocycles. The van der Waals surface area contributed by atoms with E-state index in [4.69, 9.17) is 0 Å². The minimum absolute atomic E-state index is 0.317. The van der Waals surface area contributed by atoms with Crippen molar-refractivity contribution in [3.05, 3.63) is 5.01 Å². The summed E-state index contributed by atoms with van der Waals surface area (Å²) in [6.07, 6.45) is 7.43. The summed E-state index contributed by atoms with van der Waals surface area (Å²) in [5.41, 5.74) is 0. The van der Waals surface area contributed by atoms with Gasteiger partial charge in [-0.2, -0.15) is 0 Å². The highest BCUT2D eigenvalue weighted by Gasteiger charge is 2.29. The number of amides is 1. The minimum Gasteiger partial charge on any atom is -0.344 e. The van der Waals surface area contributed by atoms with Gasteiger partial charge in [-0.1, -0.05) is 24.2 Å². The van der Waals surface area contributed by atoms with Gasteiger partial charge in [-0.05, 0) is 25.7 Å². The molecule has 1 aromatic heterocycles. The van der Waals surface area contributed by atoms with Gasteiger partial charge in [-0.25, -0.2) is 0 Å². The summed E-state index contributed by atoms with van der Waals surface area (Å²) in [6.45, 7) is 6.27. The Kier molecular flexibility index (Phi) is 4.98. The van der Waals surface area contributed by atoms with E-state index >= 15 is 0 Å². The fraction of sp³-hybridized carbons (Fsp3) is 0.824. The number of likely N-dealkylation sites (tertiary alicyclic amines) is 1. The predicted octanol–water partition coefficient (Wildman–Crippen LogP) is 1.94. The molecule has 132 valence electrons. The first kappa shape index (κ1) is 16.3. The van der Waals surface area contributed by atoms with Crippen molar-refractivity contribution in [3.8, 4) is 0 Å². The number of nitrogens with zero attached hydrogens (tertiary/aromatic N) is 5. The molecule has 0 N–H and O–H groups in total. The van der Waals surface area contributed by atoms with E-state index in [2.05, 4.69) is 24.9 Å². The molecule has 0 aromatic carbocycles. The summed E-state index contributed by atoms with van der Waals surface area (Å²) in [5.74, 6) is 1.00. The number of rotatable bonds is 4. The summed E-state index contributed by atoms with van der Waals surface area (Å²) in [7, 11) is 0. The third-order valence-corrected chi connectivity index (χ3v) is 6.46. The fourth-order valence-electron chi connectivity index (χ4n) is 3.56. The first-order valence-electron chi connectivity index (χ1n) is 9.38. The number of aromatic nitrogens is 2. The van der Waals surface area contributed by atoms with Crippen molar-refractivity contribution in [3.63, 3.8) is 0 Å². The molecule has 1 aromatic rings. The van der Waals surface area contributed by atoms with Crippen LogP contribution in [0.5, 0.6) is 0 Å². The zero-order chi connectivity index (χ0) is 16.4. The molecular formula is C17H27N5OS. The molecule has 4 rings (SSSR count). The highest BCUT2D eigenvalue weighted by Crippen LogP contribution is 2.42. The second-order valence-corrected chi connectivity index (χ2v) is 8.24. The molecule has 0 spiro atoms. The SMILES string of the molecule is O=C(CN1CCN(c2nnc(C3CC3)s2)CC1)N1CCCCCC1. The molecule has 3 aliphatic rings. The van der Waals surface area contributed by atoms with Gasteiger partial charge in [0.15, 0.2) is 0 Å². The Morgan fingerprint density at radius 2 is 1.67 bits per heavy atom. The molecule has 3 fully saturated rings. The molecule has 0 bridgehead atoms. The zero-order valence-electron chi connectivity index (χ0n) is 14.3. The Hall–Kier alpha value is -1.21. The van der Waals surface area contributed by atoms with Gasteiger partial charge < -0.3 is 9.80 Å². The third kappa shape index (κ3) is 3.88. The average molecular weight is 350 g/mol. The average Bonchev–Trinajstić information content (AvgIpc) is 3.39. The number of piperazine rings is 1. The van der Waals surface area contributed by atoms with Crippen LogP contribution < -0.4 is 4.90 Å². The van der Waals surface area contributed by atoms with Crippen molar-refractivity contribution >= 4 is 22.4 Å². The lowest BCUT2D eigenvalue weighted by Crippen LogP contribution is -2.50. The van der Waals surface area contributed by atoms with Crippen LogP contribution in [0, 0.1) is 0 Å². The quantitative estimate of drug-likeness (QED) is 0.831. The zero-order valence-corrected chi connectivity index (χ0v) is 15.1. The summed E-state index contributed by atoms with van der Waals surface area (Å²) in [6, 6.07) is 0. The predicted molar refractivity (Wildman–Crippen MR) is 95.6 cm³/mol. The fourth-order valence-corrected chi connectivity index (χ4v) is 4.62. The highest BCUT2D eigenvalue weighted by atomic mass is 32.1. The molecule has 6 nitrogen and oxygen atoms in total. The first-order chi connectivity index (χ1) is 11.8. The van der Waals surface area contributed by atoms with Gasteiger partial charge >= 0.3 is 0 Å². The Balaban J connectivity index is 1.25. The van der Waals surface area contributed by atoms with Crippen LogP contribution in [0.4, 0.5) is 5.13 Å². The van der Waals surface area contributed by atoms with E-state index in [0.29, 0.717) is 18.4 Å². The Morgan fingerprint density at radius 1 is 0.958 bits per heavy atom. The van der Waals surface area contributed by atoms with Gasteiger partial charge in [-0.15, -0.1) is 10.2 Å². The summed E-state index contributed by atoms with van der Waals surface area (Å²) < 4.78 is 0. The van der Waals surface area contributed by atoms with Crippen LogP contribution >= 0.6 is 11.3 Å². The van der Waals surface area contributed by atoms with E-state index in [1.54, 1.807) is 11.3 Å². The van der Waals surface area contributed by atoms with Crippen LogP contribution in [-0.2, 0) is 4.79 Å². The van der Waals surface area contributed by atoms with Gasteiger partial charge in [0.2, 0.25) is 11.0 Å². The van der Waals surface area contributed by atoms with E-state index in [9.17, 15) is 4.79 Å². The van der Waals surface area contributed by atoms with Crippen LogP contribution in [0.25, 0.3) is 0 Å². The van der Waals surface area contributed by atoms with Crippen molar-refractivity contribution in [1.82, 2.24) is 20.0 Å². The van der Waals surface area contributed by atoms with Gasteiger partial charge in [0, 0.05) is 45.2 Å². The Bertz CT molecular complexity index is 557.